The first-order valence-corrected chi connectivity index (χ1v) is 8.07. The Hall–Kier alpha value is -0.800. The number of ether oxygens (including phenoxy) is 4. The van der Waals surface area contributed by atoms with E-state index in [0.717, 1.165) is 6.54 Å². The van der Waals surface area contributed by atoms with E-state index in [2.05, 4.69) is 10.6 Å². The SMILES string of the molecule is CCC(=O)NCC(F)COCCOCCOCCOCCNC. The highest BCUT2D eigenvalue weighted by Gasteiger charge is 2.07. The Morgan fingerprint density at radius 1 is 0.957 bits per heavy atom. The second kappa shape index (κ2) is 17.6. The van der Waals surface area contributed by atoms with Crippen LogP contribution < -0.4 is 10.6 Å². The van der Waals surface area contributed by atoms with Crippen LogP contribution in [0, 0.1) is 0 Å². The molecule has 0 fully saturated rings. The average molecular weight is 338 g/mol. The highest BCUT2D eigenvalue weighted by molar-refractivity contribution is 5.75. The zero-order valence-electron chi connectivity index (χ0n) is 14.3. The molecule has 0 saturated carbocycles. The van der Waals surface area contributed by atoms with Crippen LogP contribution in [-0.2, 0) is 23.7 Å². The molecule has 0 aromatic carbocycles. The molecule has 7 nitrogen and oxygen atoms in total. The molecule has 0 bridgehead atoms. The van der Waals surface area contributed by atoms with Crippen molar-refractivity contribution in [3.05, 3.63) is 0 Å². The Morgan fingerprint density at radius 3 is 2.00 bits per heavy atom. The van der Waals surface area contributed by atoms with Crippen molar-refractivity contribution in [3.63, 3.8) is 0 Å². The van der Waals surface area contributed by atoms with Gasteiger partial charge in [0.2, 0.25) is 5.91 Å². The van der Waals surface area contributed by atoms with Gasteiger partial charge in [0.15, 0.2) is 0 Å². The van der Waals surface area contributed by atoms with Crippen molar-refractivity contribution in [3.8, 4) is 0 Å². The highest BCUT2D eigenvalue weighted by Crippen LogP contribution is 1.91. The number of hydrogen-bond donors (Lipinski definition) is 2. The molecular weight excluding hydrogens is 307 g/mol. The summed E-state index contributed by atoms with van der Waals surface area (Å²) in [5.41, 5.74) is 0. The van der Waals surface area contributed by atoms with E-state index in [-0.39, 0.29) is 19.1 Å². The molecule has 0 aromatic heterocycles. The molecule has 8 heteroatoms. The lowest BCUT2D eigenvalue weighted by atomic mass is 10.4. The fraction of sp³-hybridized carbons (Fsp3) is 0.933. The van der Waals surface area contributed by atoms with Crippen LogP contribution in [-0.4, -0.2) is 85.1 Å². The molecular formula is C15H31FN2O5. The number of carbonyl (C=O) groups is 1. The standard InChI is InChI=1S/C15H31FN2O5/c1-3-15(19)18-12-14(16)13-23-11-10-22-9-8-21-7-6-20-5-4-17-2/h14,17H,3-13H2,1-2H3,(H,18,19). The highest BCUT2D eigenvalue weighted by atomic mass is 19.1. The van der Waals surface area contributed by atoms with Gasteiger partial charge in [0, 0.05) is 13.0 Å². The first-order chi connectivity index (χ1) is 11.2. The molecule has 0 spiro atoms. The minimum Gasteiger partial charge on any atom is -0.378 e. The molecule has 0 aliphatic heterocycles. The number of nitrogens with one attached hydrogen (secondary N) is 2. The maximum absolute atomic E-state index is 13.3. The van der Waals surface area contributed by atoms with Crippen molar-refractivity contribution in [2.45, 2.75) is 19.5 Å². The van der Waals surface area contributed by atoms with Crippen molar-refractivity contribution >= 4 is 5.91 Å². The zero-order chi connectivity index (χ0) is 17.2. The van der Waals surface area contributed by atoms with Crippen LogP contribution >= 0.6 is 0 Å². The summed E-state index contributed by atoms with van der Waals surface area (Å²) in [4.78, 5) is 10.9. The average Bonchev–Trinajstić information content (AvgIpc) is 2.56. The van der Waals surface area contributed by atoms with Crippen LogP contribution in [0.15, 0.2) is 0 Å². The molecule has 2 N–H and O–H groups in total. The topological polar surface area (TPSA) is 78.1 Å². The summed E-state index contributed by atoms with van der Waals surface area (Å²) < 4.78 is 34.3. The lowest BCUT2D eigenvalue weighted by molar-refractivity contribution is -0.121. The van der Waals surface area contributed by atoms with Gasteiger partial charge < -0.3 is 29.6 Å². The number of amides is 1. The first-order valence-electron chi connectivity index (χ1n) is 8.07. The van der Waals surface area contributed by atoms with E-state index < -0.39 is 6.17 Å². The fourth-order valence-corrected chi connectivity index (χ4v) is 1.45. The molecule has 0 aliphatic rings. The van der Waals surface area contributed by atoms with E-state index in [0.29, 0.717) is 52.7 Å². The van der Waals surface area contributed by atoms with Crippen molar-refractivity contribution in [2.24, 2.45) is 0 Å². The zero-order valence-corrected chi connectivity index (χ0v) is 14.3. The Kier molecular flexibility index (Phi) is 16.9. The molecule has 0 rings (SSSR count). The third-order valence-electron chi connectivity index (χ3n) is 2.75. The summed E-state index contributed by atoms with van der Waals surface area (Å²) >= 11 is 0. The normalized spacial score (nSPS) is 12.3. The van der Waals surface area contributed by atoms with Crippen LogP contribution in [0.25, 0.3) is 0 Å². The van der Waals surface area contributed by atoms with Crippen LogP contribution in [0.4, 0.5) is 4.39 Å². The van der Waals surface area contributed by atoms with Crippen LogP contribution in [0.1, 0.15) is 13.3 Å². The van der Waals surface area contributed by atoms with Crippen LogP contribution in [0.2, 0.25) is 0 Å². The number of likely N-dealkylation sites (N-methyl/N-ethyl adjacent to an activating group) is 1. The molecule has 138 valence electrons. The third kappa shape index (κ3) is 17.4. The van der Waals surface area contributed by atoms with Gasteiger partial charge in [-0.05, 0) is 7.05 Å². The number of rotatable bonds is 17. The number of halogens is 1. The monoisotopic (exact) mass is 338 g/mol. The minimum atomic E-state index is -1.20. The van der Waals surface area contributed by atoms with E-state index in [1.807, 2.05) is 7.05 Å². The lowest BCUT2D eigenvalue weighted by Gasteiger charge is -2.10. The Morgan fingerprint density at radius 2 is 1.48 bits per heavy atom. The molecule has 23 heavy (non-hydrogen) atoms. The number of carbonyl (C=O) groups excluding carboxylic acids is 1. The summed E-state index contributed by atoms with van der Waals surface area (Å²) in [7, 11) is 1.87. The Labute approximate surface area is 138 Å². The molecule has 1 amide bonds. The second-order valence-electron chi connectivity index (χ2n) is 4.77. The molecule has 1 atom stereocenters. The van der Waals surface area contributed by atoms with E-state index in [4.69, 9.17) is 18.9 Å². The number of hydrogen-bond acceptors (Lipinski definition) is 6. The smallest absolute Gasteiger partial charge is 0.219 e. The van der Waals surface area contributed by atoms with Crippen molar-refractivity contribution in [1.29, 1.82) is 0 Å². The van der Waals surface area contributed by atoms with Gasteiger partial charge in [0.25, 0.3) is 0 Å². The summed E-state index contributed by atoms with van der Waals surface area (Å²) in [6.45, 7) is 5.91. The van der Waals surface area contributed by atoms with Crippen LogP contribution in [0.5, 0.6) is 0 Å². The largest absolute Gasteiger partial charge is 0.378 e. The molecule has 1 unspecified atom stereocenters. The van der Waals surface area contributed by atoms with Gasteiger partial charge in [-0.15, -0.1) is 0 Å². The second-order valence-corrected chi connectivity index (χ2v) is 4.77. The Bertz CT molecular complexity index is 272. The quantitative estimate of drug-likeness (QED) is 0.367. The van der Waals surface area contributed by atoms with Gasteiger partial charge in [-0.1, -0.05) is 6.92 Å². The van der Waals surface area contributed by atoms with Crippen molar-refractivity contribution < 1.29 is 28.1 Å². The summed E-state index contributed by atoms with van der Waals surface area (Å²) in [6.07, 6.45) is -0.845. The van der Waals surface area contributed by atoms with E-state index >= 15 is 0 Å². The van der Waals surface area contributed by atoms with Gasteiger partial charge in [0.05, 0.1) is 59.4 Å². The van der Waals surface area contributed by atoms with E-state index in [1.165, 1.54) is 0 Å². The predicted octanol–water partition coefficient (Wildman–Crippen LogP) is 0.137. The van der Waals surface area contributed by atoms with Crippen molar-refractivity contribution in [1.82, 2.24) is 10.6 Å². The lowest BCUT2D eigenvalue weighted by Crippen LogP contribution is -2.32. The van der Waals surface area contributed by atoms with E-state index in [1.54, 1.807) is 6.92 Å². The first kappa shape index (κ1) is 22.2. The van der Waals surface area contributed by atoms with Gasteiger partial charge in [0.1, 0.15) is 6.17 Å². The van der Waals surface area contributed by atoms with E-state index in [9.17, 15) is 9.18 Å². The molecule has 0 aliphatic carbocycles. The predicted molar refractivity (Wildman–Crippen MR) is 85.4 cm³/mol. The molecule has 0 radical (unpaired) electrons. The van der Waals surface area contributed by atoms with Gasteiger partial charge in [-0.3, -0.25) is 4.79 Å². The van der Waals surface area contributed by atoms with Crippen LogP contribution in [0.3, 0.4) is 0 Å². The summed E-state index contributed by atoms with van der Waals surface area (Å²) in [6, 6.07) is 0. The maximum Gasteiger partial charge on any atom is 0.219 e. The Balaban J connectivity index is 3.14. The minimum absolute atomic E-state index is 0.0161. The van der Waals surface area contributed by atoms with Gasteiger partial charge in [-0.2, -0.15) is 0 Å². The molecule has 0 heterocycles. The van der Waals surface area contributed by atoms with Gasteiger partial charge in [-0.25, -0.2) is 4.39 Å². The van der Waals surface area contributed by atoms with Gasteiger partial charge >= 0.3 is 0 Å². The number of alkyl halides is 1. The third-order valence-corrected chi connectivity index (χ3v) is 2.75. The summed E-state index contributed by atoms with van der Waals surface area (Å²) in [5, 5.41) is 5.46. The van der Waals surface area contributed by atoms with Crippen molar-refractivity contribution in [2.75, 3.05) is 73.0 Å². The molecule has 0 aromatic rings. The maximum atomic E-state index is 13.3. The fourth-order valence-electron chi connectivity index (χ4n) is 1.45. The molecule has 0 saturated heterocycles. The summed E-state index contributed by atoms with van der Waals surface area (Å²) in [5.74, 6) is -0.164.